The van der Waals surface area contributed by atoms with Gasteiger partial charge in [0.05, 0.1) is 18.3 Å². The Morgan fingerprint density at radius 3 is 2.45 bits per heavy atom. The number of para-hydroxylation sites is 2. The lowest BCUT2D eigenvalue weighted by Crippen LogP contribution is -2.25. The minimum atomic E-state index is -0.193. The van der Waals surface area contributed by atoms with Crippen molar-refractivity contribution in [2.45, 2.75) is 26.4 Å². The number of carbonyl (C=O) groups is 2. The fraction of sp³-hybridized carbons (Fsp3) is 0.364. The summed E-state index contributed by atoms with van der Waals surface area (Å²) >= 11 is 0. The van der Waals surface area contributed by atoms with Crippen LogP contribution in [-0.2, 0) is 9.53 Å². The van der Waals surface area contributed by atoms with E-state index in [4.69, 9.17) is 9.47 Å². The minimum Gasteiger partial charge on any atom is -0.489 e. The molecule has 3 N–H and O–H groups in total. The summed E-state index contributed by atoms with van der Waals surface area (Å²) in [6.07, 6.45) is 0.803. The number of nitrogens with one attached hydrogen (secondary N) is 3. The highest BCUT2D eigenvalue weighted by molar-refractivity contribution is 5.96. The van der Waals surface area contributed by atoms with Crippen LogP contribution in [0.3, 0.4) is 0 Å². The molecule has 0 aliphatic carbocycles. The highest BCUT2D eigenvalue weighted by Crippen LogP contribution is 2.24. The fourth-order valence-electron chi connectivity index (χ4n) is 2.58. The van der Waals surface area contributed by atoms with Gasteiger partial charge in [-0.2, -0.15) is 0 Å². The van der Waals surface area contributed by atoms with Gasteiger partial charge in [-0.15, -0.1) is 0 Å². The number of amides is 2. The van der Waals surface area contributed by atoms with Crippen LogP contribution in [0.15, 0.2) is 48.5 Å². The highest BCUT2D eigenvalue weighted by atomic mass is 16.5. The summed E-state index contributed by atoms with van der Waals surface area (Å²) in [7, 11) is 1.63. The van der Waals surface area contributed by atoms with E-state index in [1.54, 1.807) is 31.4 Å². The van der Waals surface area contributed by atoms with Crippen molar-refractivity contribution < 1.29 is 19.1 Å². The maximum atomic E-state index is 12.2. The molecule has 0 radical (unpaired) electrons. The Balaban J connectivity index is 1.83. The zero-order valence-corrected chi connectivity index (χ0v) is 17.2. The van der Waals surface area contributed by atoms with E-state index in [-0.39, 0.29) is 24.5 Å². The summed E-state index contributed by atoms with van der Waals surface area (Å²) in [5, 5.41) is 8.72. The summed E-state index contributed by atoms with van der Waals surface area (Å²) in [6, 6.07) is 14.3. The van der Waals surface area contributed by atoms with Crippen LogP contribution in [0.25, 0.3) is 0 Å². The zero-order valence-electron chi connectivity index (χ0n) is 17.2. The first-order valence-corrected chi connectivity index (χ1v) is 9.66. The van der Waals surface area contributed by atoms with Crippen molar-refractivity contribution in [3.05, 3.63) is 54.1 Å². The van der Waals surface area contributed by atoms with Crippen molar-refractivity contribution >= 4 is 23.2 Å². The summed E-state index contributed by atoms with van der Waals surface area (Å²) < 4.78 is 10.7. The van der Waals surface area contributed by atoms with Gasteiger partial charge in [0.25, 0.3) is 5.91 Å². The number of rotatable bonds is 11. The van der Waals surface area contributed by atoms with E-state index >= 15 is 0 Å². The predicted octanol–water partition coefficient (Wildman–Crippen LogP) is 3.29. The van der Waals surface area contributed by atoms with E-state index in [1.807, 2.05) is 38.1 Å². The van der Waals surface area contributed by atoms with Gasteiger partial charge in [0.15, 0.2) is 0 Å². The third kappa shape index (κ3) is 7.83. The Bertz CT molecular complexity index is 791. The lowest BCUT2D eigenvalue weighted by Gasteiger charge is -2.15. The van der Waals surface area contributed by atoms with Crippen LogP contribution in [0, 0.1) is 0 Å². The molecular weight excluding hydrogens is 370 g/mol. The van der Waals surface area contributed by atoms with Gasteiger partial charge >= 0.3 is 0 Å². The van der Waals surface area contributed by atoms with E-state index in [0.717, 1.165) is 12.1 Å². The fourth-order valence-corrected chi connectivity index (χ4v) is 2.58. The molecule has 0 atom stereocenters. The molecule has 29 heavy (non-hydrogen) atoms. The van der Waals surface area contributed by atoms with Crippen LogP contribution < -0.4 is 20.7 Å². The molecule has 0 saturated heterocycles. The van der Waals surface area contributed by atoms with Crippen molar-refractivity contribution in [3.63, 3.8) is 0 Å². The monoisotopic (exact) mass is 399 g/mol. The molecule has 0 aromatic heterocycles. The Labute approximate surface area is 171 Å². The summed E-state index contributed by atoms with van der Waals surface area (Å²) in [6.45, 7) is 5.16. The molecule has 7 nitrogen and oxygen atoms in total. The summed E-state index contributed by atoms with van der Waals surface area (Å²) in [4.78, 5) is 24.3. The predicted molar refractivity (Wildman–Crippen MR) is 115 cm³/mol. The number of benzene rings is 2. The van der Waals surface area contributed by atoms with Gasteiger partial charge < -0.3 is 25.4 Å². The van der Waals surface area contributed by atoms with Crippen LogP contribution >= 0.6 is 0 Å². The van der Waals surface area contributed by atoms with E-state index < -0.39 is 0 Å². The van der Waals surface area contributed by atoms with Crippen LogP contribution in [0.5, 0.6) is 5.75 Å². The van der Waals surface area contributed by atoms with Crippen LogP contribution in [-0.4, -0.2) is 44.7 Å². The standard InChI is InChI=1S/C22H29N3O4/c1-16(2)29-20-8-5-4-7-19(20)24-15-21(26)25-18-11-9-17(10-12-18)22(27)23-13-6-14-28-3/h4-5,7-12,16,24H,6,13-15H2,1-3H3,(H,23,27)(H,25,26). The van der Waals surface area contributed by atoms with E-state index in [1.165, 1.54) is 0 Å². The van der Waals surface area contributed by atoms with Crippen LogP contribution in [0.4, 0.5) is 11.4 Å². The first-order valence-electron chi connectivity index (χ1n) is 9.66. The van der Waals surface area contributed by atoms with Crippen LogP contribution in [0.1, 0.15) is 30.6 Å². The molecule has 0 bridgehead atoms. The molecule has 0 spiro atoms. The smallest absolute Gasteiger partial charge is 0.251 e. The van der Waals surface area contributed by atoms with Crippen molar-refractivity contribution in [3.8, 4) is 5.75 Å². The Morgan fingerprint density at radius 1 is 1.03 bits per heavy atom. The summed E-state index contributed by atoms with van der Waals surface area (Å²) in [5.41, 5.74) is 1.93. The van der Waals surface area contributed by atoms with Crippen LogP contribution in [0.2, 0.25) is 0 Å². The van der Waals surface area contributed by atoms with Gasteiger partial charge in [-0.25, -0.2) is 0 Å². The average molecular weight is 399 g/mol. The average Bonchev–Trinajstić information content (AvgIpc) is 2.70. The highest BCUT2D eigenvalue weighted by Gasteiger charge is 2.09. The molecule has 0 saturated carbocycles. The molecule has 2 rings (SSSR count). The Kier molecular flexibility index (Phi) is 8.98. The molecule has 0 fully saturated rings. The van der Waals surface area contributed by atoms with Crippen molar-refractivity contribution in [1.82, 2.24) is 5.32 Å². The van der Waals surface area contributed by atoms with Gasteiger partial charge in [0, 0.05) is 31.5 Å². The number of ether oxygens (including phenoxy) is 2. The number of hydrogen-bond donors (Lipinski definition) is 3. The minimum absolute atomic E-state index is 0.0440. The van der Waals surface area contributed by atoms with Crippen molar-refractivity contribution in [2.75, 3.05) is 37.4 Å². The van der Waals surface area contributed by atoms with E-state index in [2.05, 4.69) is 16.0 Å². The molecule has 0 heterocycles. The van der Waals surface area contributed by atoms with Gasteiger partial charge in [-0.1, -0.05) is 12.1 Å². The first-order chi connectivity index (χ1) is 14.0. The lowest BCUT2D eigenvalue weighted by molar-refractivity contribution is -0.114. The Hall–Kier alpha value is -3.06. The lowest BCUT2D eigenvalue weighted by atomic mass is 10.2. The normalized spacial score (nSPS) is 10.5. The van der Waals surface area contributed by atoms with Gasteiger partial charge in [-0.05, 0) is 56.7 Å². The quantitative estimate of drug-likeness (QED) is 0.505. The van der Waals surface area contributed by atoms with Crippen molar-refractivity contribution in [1.29, 1.82) is 0 Å². The second-order valence-corrected chi connectivity index (χ2v) is 6.74. The molecule has 0 unspecified atom stereocenters. The maximum Gasteiger partial charge on any atom is 0.251 e. The third-order valence-electron chi connectivity index (χ3n) is 3.93. The molecule has 0 aliphatic heterocycles. The number of methoxy groups -OCH3 is 1. The van der Waals surface area contributed by atoms with Gasteiger partial charge in [0.2, 0.25) is 5.91 Å². The van der Waals surface area contributed by atoms with E-state index in [9.17, 15) is 9.59 Å². The molecule has 2 amide bonds. The molecule has 2 aromatic carbocycles. The number of hydrogen-bond acceptors (Lipinski definition) is 5. The molecule has 7 heteroatoms. The topological polar surface area (TPSA) is 88.7 Å². The third-order valence-corrected chi connectivity index (χ3v) is 3.93. The molecule has 2 aromatic rings. The van der Waals surface area contributed by atoms with Gasteiger partial charge in [-0.3, -0.25) is 9.59 Å². The maximum absolute atomic E-state index is 12.2. The van der Waals surface area contributed by atoms with E-state index in [0.29, 0.717) is 30.2 Å². The molecular formula is C22H29N3O4. The second kappa shape index (κ2) is 11.7. The molecule has 156 valence electrons. The SMILES string of the molecule is COCCCNC(=O)c1ccc(NC(=O)CNc2ccccc2OC(C)C)cc1. The number of carbonyl (C=O) groups excluding carboxylic acids is 2. The zero-order chi connectivity index (χ0) is 21.1. The Morgan fingerprint density at radius 2 is 1.76 bits per heavy atom. The van der Waals surface area contributed by atoms with Gasteiger partial charge in [0.1, 0.15) is 5.75 Å². The first kappa shape index (κ1) is 22.2. The van der Waals surface area contributed by atoms with Crippen molar-refractivity contribution in [2.24, 2.45) is 0 Å². The summed E-state index contributed by atoms with van der Waals surface area (Å²) in [5.74, 6) is 0.361. The largest absolute Gasteiger partial charge is 0.489 e. The molecule has 0 aliphatic rings. The number of anilines is 2. The second-order valence-electron chi connectivity index (χ2n) is 6.74.